The maximum atomic E-state index is 13.9. The number of hydrogen-bond donors (Lipinski definition) is 2. The molecule has 0 bridgehead atoms. The van der Waals surface area contributed by atoms with Gasteiger partial charge in [-0.3, -0.25) is 9.97 Å². The van der Waals surface area contributed by atoms with Crippen molar-refractivity contribution in [2.75, 3.05) is 6.54 Å². The molecule has 0 spiro atoms. The molecule has 2 aromatic heterocycles. The van der Waals surface area contributed by atoms with Crippen LogP contribution < -0.4 is 11.1 Å². The summed E-state index contributed by atoms with van der Waals surface area (Å²) in [5, 5.41) is 3.44. The predicted octanol–water partition coefficient (Wildman–Crippen LogP) is 3.32. The Kier molecular flexibility index (Phi) is 7.40. The van der Waals surface area contributed by atoms with Gasteiger partial charge in [-0.1, -0.05) is 19.9 Å². The first-order chi connectivity index (χ1) is 12.0. The molecule has 2 rings (SSSR count). The third kappa shape index (κ3) is 5.83. The Balaban J connectivity index is 2.07. The average Bonchev–Trinajstić information content (AvgIpc) is 2.59. The van der Waals surface area contributed by atoms with Crippen molar-refractivity contribution in [2.45, 2.75) is 51.6 Å². The fraction of sp³-hybridized carbons (Fsp3) is 0.474. The lowest BCUT2D eigenvalue weighted by Crippen LogP contribution is -2.32. The van der Waals surface area contributed by atoms with Crippen LogP contribution in [0.5, 0.6) is 0 Å². The van der Waals surface area contributed by atoms with Gasteiger partial charge < -0.3 is 11.1 Å². The fourth-order valence-electron chi connectivity index (χ4n) is 2.83. The molecule has 136 valence electrons. The quantitative estimate of drug-likeness (QED) is 0.730. The highest BCUT2D eigenvalue weighted by Crippen LogP contribution is 2.18. The Hall–Kier alpha value is -1.92. The zero-order valence-corrected chi connectivity index (χ0v) is 14.8. The molecule has 0 aliphatic carbocycles. The van der Waals surface area contributed by atoms with Gasteiger partial charge in [0.25, 0.3) is 0 Å². The lowest BCUT2D eigenvalue weighted by Gasteiger charge is -2.20. The van der Waals surface area contributed by atoms with E-state index in [4.69, 9.17) is 5.73 Å². The Labute approximate surface area is 147 Å². The van der Waals surface area contributed by atoms with Gasteiger partial charge in [0.1, 0.15) is 11.6 Å². The van der Waals surface area contributed by atoms with E-state index in [0.29, 0.717) is 25.4 Å². The minimum atomic E-state index is -0.664. The Morgan fingerprint density at radius 3 is 2.68 bits per heavy atom. The van der Waals surface area contributed by atoms with Gasteiger partial charge in [0.2, 0.25) is 0 Å². The number of nitrogens with two attached hydrogens (primary N) is 1. The van der Waals surface area contributed by atoms with E-state index in [1.54, 1.807) is 6.20 Å². The molecule has 2 heterocycles. The van der Waals surface area contributed by atoms with Crippen molar-refractivity contribution in [3.05, 3.63) is 59.2 Å². The molecule has 1 atom stereocenters. The highest BCUT2D eigenvalue weighted by molar-refractivity contribution is 5.23. The first-order valence-corrected chi connectivity index (χ1v) is 8.68. The maximum absolute atomic E-state index is 13.9. The van der Waals surface area contributed by atoms with Crippen molar-refractivity contribution < 1.29 is 8.78 Å². The molecular formula is C19H26F2N4. The monoisotopic (exact) mass is 348 g/mol. The molecule has 0 aliphatic rings. The second-order valence-corrected chi connectivity index (χ2v) is 6.49. The number of nitrogens with zero attached hydrogens (tertiary/aromatic N) is 2. The van der Waals surface area contributed by atoms with Crippen LogP contribution in [0.3, 0.4) is 0 Å². The van der Waals surface area contributed by atoms with Crippen LogP contribution in [0.2, 0.25) is 0 Å². The van der Waals surface area contributed by atoms with Gasteiger partial charge in [0, 0.05) is 31.3 Å². The highest BCUT2D eigenvalue weighted by atomic mass is 19.1. The largest absolute Gasteiger partial charge is 0.330 e. The van der Waals surface area contributed by atoms with E-state index < -0.39 is 11.6 Å². The van der Waals surface area contributed by atoms with Crippen molar-refractivity contribution in [1.82, 2.24) is 15.3 Å². The van der Waals surface area contributed by atoms with Gasteiger partial charge in [-0.15, -0.1) is 0 Å². The Morgan fingerprint density at radius 2 is 2.00 bits per heavy atom. The summed E-state index contributed by atoms with van der Waals surface area (Å²) in [6.07, 6.45) is 4.82. The van der Waals surface area contributed by atoms with Crippen LogP contribution in [-0.2, 0) is 13.0 Å². The second-order valence-electron chi connectivity index (χ2n) is 6.49. The molecule has 0 aliphatic heterocycles. The molecule has 1 unspecified atom stereocenters. The number of rotatable bonds is 9. The maximum Gasteiger partial charge on any atom is 0.147 e. The summed E-state index contributed by atoms with van der Waals surface area (Å²) in [5.74, 6) is -0.896. The highest BCUT2D eigenvalue weighted by Gasteiger charge is 2.15. The first-order valence-electron chi connectivity index (χ1n) is 8.68. The Morgan fingerprint density at radius 1 is 1.20 bits per heavy atom. The number of hydrogen-bond acceptors (Lipinski definition) is 4. The smallest absolute Gasteiger partial charge is 0.147 e. The van der Waals surface area contributed by atoms with E-state index in [0.717, 1.165) is 30.8 Å². The van der Waals surface area contributed by atoms with Crippen molar-refractivity contribution in [3.8, 4) is 0 Å². The minimum Gasteiger partial charge on any atom is -0.330 e. The Bertz CT molecular complexity index is 676. The molecule has 3 N–H and O–H groups in total. The molecule has 0 saturated carbocycles. The van der Waals surface area contributed by atoms with Gasteiger partial charge in [-0.2, -0.15) is 0 Å². The molecule has 0 fully saturated rings. The van der Waals surface area contributed by atoms with E-state index in [2.05, 4.69) is 35.2 Å². The zero-order chi connectivity index (χ0) is 18.2. The van der Waals surface area contributed by atoms with E-state index in [-0.39, 0.29) is 11.7 Å². The van der Waals surface area contributed by atoms with Crippen LogP contribution in [-0.4, -0.2) is 22.6 Å². The SMILES string of the molecule is CC(C)c1cccnc1CNC(CCCN)Cc1ncc(F)cc1F. The molecule has 0 amide bonds. The molecular weight excluding hydrogens is 322 g/mol. The number of pyridine rings is 2. The number of halogens is 2. The summed E-state index contributed by atoms with van der Waals surface area (Å²) in [4.78, 5) is 8.35. The van der Waals surface area contributed by atoms with Gasteiger partial charge in [-0.05, 0) is 36.9 Å². The molecule has 4 nitrogen and oxygen atoms in total. The van der Waals surface area contributed by atoms with Gasteiger partial charge >= 0.3 is 0 Å². The van der Waals surface area contributed by atoms with Crippen LogP contribution in [0.25, 0.3) is 0 Å². The van der Waals surface area contributed by atoms with Gasteiger partial charge in [-0.25, -0.2) is 8.78 Å². The second kappa shape index (κ2) is 9.53. The molecule has 0 saturated heterocycles. The third-order valence-electron chi connectivity index (χ3n) is 4.19. The zero-order valence-electron chi connectivity index (χ0n) is 14.8. The lowest BCUT2D eigenvalue weighted by atomic mass is 10.0. The van der Waals surface area contributed by atoms with Crippen LogP contribution >= 0.6 is 0 Å². The lowest BCUT2D eigenvalue weighted by molar-refractivity contribution is 0.446. The van der Waals surface area contributed by atoms with E-state index >= 15 is 0 Å². The van der Waals surface area contributed by atoms with Crippen molar-refractivity contribution >= 4 is 0 Å². The molecule has 25 heavy (non-hydrogen) atoms. The van der Waals surface area contributed by atoms with Crippen LogP contribution in [0.15, 0.2) is 30.6 Å². The summed E-state index contributed by atoms with van der Waals surface area (Å²) in [6, 6.07) is 4.88. The number of aromatic nitrogens is 2. The molecule has 2 aromatic rings. The molecule has 0 radical (unpaired) electrons. The predicted molar refractivity (Wildman–Crippen MR) is 95.1 cm³/mol. The number of nitrogens with one attached hydrogen (secondary N) is 1. The molecule has 0 aromatic carbocycles. The van der Waals surface area contributed by atoms with Crippen molar-refractivity contribution in [1.29, 1.82) is 0 Å². The van der Waals surface area contributed by atoms with Crippen LogP contribution in [0.1, 0.15) is 49.6 Å². The average molecular weight is 348 g/mol. The summed E-state index contributed by atoms with van der Waals surface area (Å²) >= 11 is 0. The van der Waals surface area contributed by atoms with Crippen LogP contribution in [0, 0.1) is 11.6 Å². The third-order valence-corrected chi connectivity index (χ3v) is 4.19. The normalized spacial score (nSPS) is 12.6. The van der Waals surface area contributed by atoms with Gasteiger partial charge in [0.05, 0.1) is 17.6 Å². The first kappa shape index (κ1) is 19.4. The topological polar surface area (TPSA) is 63.8 Å². The van der Waals surface area contributed by atoms with Crippen molar-refractivity contribution in [2.24, 2.45) is 5.73 Å². The van der Waals surface area contributed by atoms with Crippen LogP contribution in [0.4, 0.5) is 8.78 Å². The van der Waals surface area contributed by atoms with Crippen molar-refractivity contribution in [3.63, 3.8) is 0 Å². The fourth-order valence-corrected chi connectivity index (χ4v) is 2.83. The summed E-state index contributed by atoms with van der Waals surface area (Å²) in [5.41, 5.74) is 8.06. The van der Waals surface area contributed by atoms with E-state index in [1.807, 2.05) is 6.07 Å². The standard InChI is InChI=1S/C19H26F2N4/c1-13(2)16-6-4-8-23-19(16)12-24-15(5-3-7-22)10-18-17(21)9-14(20)11-25-18/h4,6,8-9,11,13,15,24H,3,5,7,10,12,22H2,1-2H3. The summed E-state index contributed by atoms with van der Waals surface area (Å²) in [7, 11) is 0. The summed E-state index contributed by atoms with van der Waals surface area (Å²) < 4.78 is 26.9. The minimum absolute atomic E-state index is 0.00182. The van der Waals surface area contributed by atoms with E-state index in [9.17, 15) is 8.78 Å². The van der Waals surface area contributed by atoms with E-state index in [1.165, 1.54) is 5.56 Å². The summed E-state index contributed by atoms with van der Waals surface area (Å²) in [6.45, 7) is 5.42. The van der Waals surface area contributed by atoms with Gasteiger partial charge in [0.15, 0.2) is 0 Å². The molecule has 6 heteroatoms.